The monoisotopic (exact) mass is 297 g/mol. The first-order valence-corrected chi connectivity index (χ1v) is 7.38. The van der Waals surface area contributed by atoms with Crippen LogP contribution in [0.5, 0.6) is 0 Å². The molecule has 114 valence electrons. The molecule has 0 unspecified atom stereocenters. The number of pyridine rings is 1. The minimum absolute atomic E-state index is 0.544. The Kier molecular flexibility index (Phi) is 3.71. The number of aromatic nitrogens is 1. The molecule has 1 fully saturated rings. The van der Waals surface area contributed by atoms with E-state index >= 15 is 0 Å². The summed E-state index contributed by atoms with van der Waals surface area (Å²) in [5.74, 6) is -0.0121. The predicted octanol–water partition coefficient (Wildman–Crippen LogP) is 2.29. The lowest BCUT2D eigenvalue weighted by Gasteiger charge is -2.40. The molecule has 2 heterocycles. The molecule has 1 aliphatic rings. The molecule has 5 nitrogen and oxygen atoms in total. The first-order chi connectivity index (χ1) is 10.6. The van der Waals surface area contributed by atoms with Crippen LogP contribution in [0.1, 0.15) is 18.4 Å². The summed E-state index contributed by atoms with van der Waals surface area (Å²) in [5.41, 5.74) is 6.65. The third kappa shape index (κ3) is 2.39. The molecule has 0 spiro atoms. The Morgan fingerprint density at radius 2 is 1.82 bits per heavy atom. The molecular weight excluding hydrogens is 278 g/mol. The van der Waals surface area contributed by atoms with Crippen LogP contribution in [0, 0.1) is 0 Å². The Balaban J connectivity index is 1.85. The van der Waals surface area contributed by atoms with Crippen molar-refractivity contribution in [1.82, 2.24) is 4.98 Å². The number of aliphatic carboxylic acids is 1. The molecule has 1 aromatic carbocycles. The molecule has 1 aromatic heterocycles. The zero-order chi connectivity index (χ0) is 15.6. The van der Waals surface area contributed by atoms with Crippen molar-refractivity contribution in [3.63, 3.8) is 0 Å². The number of benzene rings is 1. The van der Waals surface area contributed by atoms with Crippen molar-refractivity contribution >= 4 is 17.5 Å². The Morgan fingerprint density at radius 3 is 2.41 bits per heavy atom. The Labute approximate surface area is 129 Å². The number of carboxylic acid groups (broad SMARTS) is 1. The van der Waals surface area contributed by atoms with Gasteiger partial charge in [-0.1, -0.05) is 30.3 Å². The van der Waals surface area contributed by atoms with Gasteiger partial charge in [-0.2, -0.15) is 0 Å². The van der Waals surface area contributed by atoms with Crippen molar-refractivity contribution < 1.29 is 9.90 Å². The number of rotatable bonds is 3. The van der Waals surface area contributed by atoms with Gasteiger partial charge in [-0.25, -0.2) is 4.98 Å². The largest absolute Gasteiger partial charge is 0.481 e. The van der Waals surface area contributed by atoms with E-state index in [2.05, 4.69) is 9.88 Å². The van der Waals surface area contributed by atoms with Gasteiger partial charge >= 0.3 is 5.97 Å². The SMILES string of the molecule is Nc1cccnc1N1CCC(C(=O)O)(c2ccccc2)CC1. The molecule has 0 saturated carbocycles. The zero-order valence-corrected chi connectivity index (χ0v) is 12.3. The number of carbonyl (C=O) groups is 1. The molecule has 0 aliphatic carbocycles. The molecule has 0 amide bonds. The lowest BCUT2D eigenvalue weighted by Crippen LogP contribution is -2.47. The third-order valence-corrected chi connectivity index (χ3v) is 4.47. The second kappa shape index (κ2) is 5.67. The maximum Gasteiger partial charge on any atom is 0.314 e. The first-order valence-electron chi connectivity index (χ1n) is 7.38. The molecule has 3 rings (SSSR count). The van der Waals surface area contributed by atoms with E-state index in [4.69, 9.17) is 5.73 Å². The van der Waals surface area contributed by atoms with Gasteiger partial charge < -0.3 is 15.7 Å². The number of hydrogen-bond donors (Lipinski definition) is 2. The van der Waals surface area contributed by atoms with Gasteiger partial charge in [0.15, 0.2) is 5.82 Å². The van der Waals surface area contributed by atoms with Crippen molar-refractivity contribution in [3.8, 4) is 0 Å². The van der Waals surface area contributed by atoms with Gasteiger partial charge in [0.25, 0.3) is 0 Å². The second-order valence-corrected chi connectivity index (χ2v) is 5.66. The van der Waals surface area contributed by atoms with Crippen molar-refractivity contribution in [2.24, 2.45) is 0 Å². The summed E-state index contributed by atoms with van der Waals surface area (Å²) >= 11 is 0. The number of hydrogen-bond acceptors (Lipinski definition) is 4. The van der Waals surface area contributed by atoms with E-state index in [9.17, 15) is 9.90 Å². The Morgan fingerprint density at radius 1 is 1.14 bits per heavy atom. The number of anilines is 2. The van der Waals surface area contributed by atoms with Crippen LogP contribution in [0.2, 0.25) is 0 Å². The predicted molar refractivity (Wildman–Crippen MR) is 85.9 cm³/mol. The van der Waals surface area contributed by atoms with Crippen molar-refractivity contribution in [2.45, 2.75) is 18.3 Å². The molecule has 5 heteroatoms. The van der Waals surface area contributed by atoms with Crippen LogP contribution in [-0.2, 0) is 10.2 Å². The van der Waals surface area contributed by atoms with Gasteiger partial charge in [0.2, 0.25) is 0 Å². The number of nitrogen functional groups attached to an aromatic ring is 1. The van der Waals surface area contributed by atoms with Crippen LogP contribution in [0.4, 0.5) is 11.5 Å². The third-order valence-electron chi connectivity index (χ3n) is 4.47. The molecule has 1 saturated heterocycles. The van der Waals surface area contributed by atoms with E-state index in [0.717, 1.165) is 11.4 Å². The highest BCUT2D eigenvalue weighted by molar-refractivity contribution is 5.82. The van der Waals surface area contributed by atoms with Crippen LogP contribution in [0.25, 0.3) is 0 Å². The minimum atomic E-state index is -0.818. The highest BCUT2D eigenvalue weighted by atomic mass is 16.4. The van der Waals surface area contributed by atoms with Crippen molar-refractivity contribution in [2.75, 3.05) is 23.7 Å². The molecule has 0 atom stereocenters. The summed E-state index contributed by atoms with van der Waals surface area (Å²) in [4.78, 5) is 18.3. The fourth-order valence-electron chi connectivity index (χ4n) is 3.16. The van der Waals surface area contributed by atoms with Gasteiger partial charge in [-0.05, 0) is 30.5 Å². The van der Waals surface area contributed by atoms with E-state index in [0.29, 0.717) is 31.6 Å². The molecule has 1 aliphatic heterocycles. The van der Waals surface area contributed by atoms with Crippen LogP contribution in [0.3, 0.4) is 0 Å². The van der Waals surface area contributed by atoms with E-state index in [1.807, 2.05) is 36.4 Å². The number of carboxylic acids is 1. The van der Waals surface area contributed by atoms with Gasteiger partial charge in [-0.15, -0.1) is 0 Å². The molecule has 0 radical (unpaired) electrons. The van der Waals surface area contributed by atoms with Crippen LogP contribution in [0.15, 0.2) is 48.7 Å². The smallest absolute Gasteiger partial charge is 0.314 e. The fourth-order valence-corrected chi connectivity index (χ4v) is 3.16. The van der Waals surface area contributed by atoms with Crippen LogP contribution >= 0.6 is 0 Å². The number of nitrogens with zero attached hydrogens (tertiary/aromatic N) is 2. The summed E-state index contributed by atoms with van der Waals surface area (Å²) in [5, 5.41) is 9.79. The summed E-state index contributed by atoms with van der Waals surface area (Å²) in [6, 6.07) is 13.1. The lowest BCUT2D eigenvalue weighted by molar-refractivity contribution is -0.144. The molecular formula is C17H19N3O2. The van der Waals surface area contributed by atoms with Gasteiger partial charge in [0, 0.05) is 19.3 Å². The summed E-state index contributed by atoms with van der Waals surface area (Å²) in [6.07, 6.45) is 2.80. The van der Waals surface area contributed by atoms with E-state index in [1.54, 1.807) is 12.3 Å². The summed E-state index contributed by atoms with van der Waals surface area (Å²) in [6.45, 7) is 1.25. The standard InChI is InChI=1S/C17H19N3O2/c18-14-7-4-10-19-15(14)20-11-8-17(9-12-20,16(21)22)13-5-2-1-3-6-13/h1-7,10H,8-9,11-12,18H2,(H,21,22). The zero-order valence-electron chi connectivity index (χ0n) is 12.3. The van der Waals surface area contributed by atoms with Crippen molar-refractivity contribution in [1.29, 1.82) is 0 Å². The normalized spacial score (nSPS) is 17.2. The van der Waals surface area contributed by atoms with E-state index in [-0.39, 0.29) is 0 Å². The molecule has 0 bridgehead atoms. The number of nitrogens with two attached hydrogens (primary N) is 1. The summed E-state index contributed by atoms with van der Waals surface area (Å²) in [7, 11) is 0. The second-order valence-electron chi connectivity index (χ2n) is 5.66. The Bertz CT molecular complexity index is 665. The summed E-state index contributed by atoms with van der Waals surface area (Å²) < 4.78 is 0. The molecule has 3 N–H and O–H groups in total. The minimum Gasteiger partial charge on any atom is -0.481 e. The van der Waals surface area contributed by atoms with Gasteiger partial charge in [-0.3, -0.25) is 4.79 Å². The van der Waals surface area contributed by atoms with E-state index < -0.39 is 11.4 Å². The topological polar surface area (TPSA) is 79.5 Å². The molecule has 22 heavy (non-hydrogen) atoms. The maximum atomic E-state index is 11.9. The van der Waals surface area contributed by atoms with Crippen LogP contribution in [-0.4, -0.2) is 29.1 Å². The highest BCUT2D eigenvalue weighted by Crippen LogP contribution is 2.37. The van der Waals surface area contributed by atoms with Gasteiger partial charge in [0.1, 0.15) is 0 Å². The fraction of sp³-hybridized carbons (Fsp3) is 0.294. The molecule has 2 aromatic rings. The quantitative estimate of drug-likeness (QED) is 0.908. The number of piperidine rings is 1. The average Bonchev–Trinajstić information content (AvgIpc) is 2.56. The highest BCUT2D eigenvalue weighted by Gasteiger charge is 2.43. The Hall–Kier alpha value is -2.56. The van der Waals surface area contributed by atoms with E-state index in [1.165, 1.54) is 0 Å². The van der Waals surface area contributed by atoms with Crippen molar-refractivity contribution in [3.05, 3.63) is 54.2 Å². The average molecular weight is 297 g/mol. The lowest BCUT2D eigenvalue weighted by atomic mass is 9.73. The maximum absolute atomic E-state index is 11.9. The van der Waals surface area contributed by atoms with Crippen LogP contribution < -0.4 is 10.6 Å². The first kappa shape index (κ1) is 14.4. The van der Waals surface area contributed by atoms with Gasteiger partial charge in [0.05, 0.1) is 11.1 Å².